The number of fused-ring (bicyclic) bond motifs is 1. The number of amides is 1. The van der Waals surface area contributed by atoms with Gasteiger partial charge < -0.3 is 19.9 Å². The van der Waals surface area contributed by atoms with Crippen LogP contribution in [0.4, 0.5) is 5.69 Å². The molecule has 0 bridgehead atoms. The second kappa shape index (κ2) is 10.3. The van der Waals surface area contributed by atoms with E-state index in [0.29, 0.717) is 6.42 Å². The quantitative estimate of drug-likeness (QED) is 0.442. The maximum absolute atomic E-state index is 12.7. The van der Waals surface area contributed by atoms with Crippen molar-refractivity contribution in [3.63, 3.8) is 0 Å². The van der Waals surface area contributed by atoms with E-state index in [9.17, 15) is 4.79 Å². The molecule has 164 valence electrons. The second-order valence-electron chi connectivity index (χ2n) is 8.12. The van der Waals surface area contributed by atoms with Crippen LogP contribution >= 0.6 is 0 Å². The lowest BCUT2D eigenvalue weighted by molar-refractivity contribution is -0.118. The van der Waals surface area contributed by atoms with Gasteiger partial charge in [0, 0.05) is 58.2 Å². The molecule has 0 saturated carbocycles. The van der Waals surface area contributed by atoms with E-state index in [1.165, 1.54) is 5.56 Å². The number of aliphatic imine (C=N–C) groups is 1. The number of piperidine rings is 1. The molecule has 0 radical (unpaired) electrons. The van der Waals surface area contributed by atoms with Crippen molar-refractivity contribution in [2.24, 2.45) is 4.99 Å². The second-order valence-corrected chi connectivity index (χ2v) is 8.12. The van der Waals surface area contributed by atoms with Crippen LogP contribution in [0, 0.1) is 0 Å². The molecule has 1 saturated heterocycles. The minimum atomic E-state index is 0.209. The van der Waals surface area contributed by atoms with Crippen LogP contribution in [0.2, 0.25) is 0 Å². The standard InChI is InChI=1S/C25H32N4O2/c1-26-25(28-17-14-22(15-18-28)31-21-9-3-2-4-10-21)27-16-7-12-24(30)29-19-13-20-8-5-6-11-23(20)29/h2-6,8-11,22H,7,12-19H2,1H3,(H,26,27). The molecule has 0 unspecified atom stereocenters. The van der Waals surface area contributed by atoms with Gasteiger partial charge in [0.1, 0.15) is 11.9 Å². The van der Waals surface area contributed by atoms with Gasteiger partial charge in [-0.05, 0) is 36.6 Å². The summed E-state index contributed by atoms with van der Waals surface area (Å²) in [6.07, 6.45) is 4.49. The van der Waals surface area contributed by atoms with Gasteiger partial charge in [-0.25, -0.2) is 0 Å². The number of nitrogens with one attached hydrogen (secondary N) is 1. The maximum Gasteiger partial charge on any atom is 0.227 e. The molecule has 31 heavy (non-hydrogen) atoms. The SMILES string of the molecule is CN=C(NCCCC(=O)N1CCc2ccccc21)N1CCC(Oc2ccccc2)CC1. The zero-order chi connectivity index (χ0) is 21.5. The molecule has 1 amide bonds. The number of guanidine groups is 1. The number of rotatable bonds is 6. The third kappa shape index (κ3) is 5.37. The molecule has 6 nitrogen and oxygen atoms in total. The Bertz CT molecular complexity index is 891. The predicted molar refractivity (Wildman–Crippen MR) is 125 cm³/mol. The number of benzene rings is 2. The molecule has 1 N–H and O–H groups in total. The molecule has 2 aromatic rings. The zero-order valence-electron chi connectivity index (χ0n) is 18.3. The Balaban J connectivity index is 1.17. The van der Waals surface area contributed by atoms with Crippen molar-refractivity contribution in [3.8, 4) is 5.75 Å². The van der Waals surface area contributed by atoms with Crippen LogP contribution in [0.1, 0.15) is 31.2 Å². The highest BCUT2D eigenvalue weighted by molar-refractivity contribution is 5.95. The summed E-state index contributed by atoms with van der Waals surface area (Å²) in [5.41, 5.74) is 2.35. The minimum Gasteiger partial charge on any atom is -0.490 e. The van der Waals surface area contributed by atoms with Gasteiger partial charge in [-0.1, -0.05) is 36.4 Å². The van der Waals surface area contributed by atoms with Gasteiger partial charge in [0.15, 0.2) is 5.96 Å². The predicted octanol–water partition coefficient (Wildman–Crippen LogP) is 3.47. The van der Waals surface area contributed by atoms with Crippen LogP contribution in [0.3, 0.4) is 0 Å². The van der Waals surface area contributed by atoms with Crippen LogP contribution in [-0.2, 0) is 11.2 Å². The first kappa shape index (κ1) is 21.2. The summed E-state index contributed by atoms with van der Waals surface area (Å²) in [5, 5.41) is 3.43. The Morgan fingerprint density at radius 3 is 2.58 bits per heavy atom. The minimum absolute atomic E-state index is 0.209. The van der Waals surface area contributed by atoms with Crippen molar-refractivity contribution in [2.75, 3.05) is 38.1 Å². The summed E-state index contributed by atoms with van der Waals surface area (Å²) < 4.78 is 6.09. The fourth-order valence-electron chi connectivity index (χ4n) is 4.38. The summed E-state index contributed by atoms with van der Waals surface area (Å²) in [6, 6.07) is 18.2. The van der Waals surface area contributed by atoms with Gasteiger partial charge in [0.25, 0.3) is 0 Å². The third-order valence-corrected chi connectivity index (χ3v) is 6.04. The molecule has 6 heteroatoms. The zero-order valence-corrected chi connectivity index (χ0v) is 18.3. The van der Waals surface area contributed by atoms with Gasteiger partial charge in [-0.15, -0.1) is 0 Å². The van der Waals surface area contributed by atoms with Crippen LogP contribution in [0.15, 0.2) is 59.6 Å². The molecule has 1 fully saturated rings. The van der Waals surface area contributed by atoms with E-state index in [-0.39, 0.29) is 12.0 Å². The van der Waals surface area contributed by atoms with Gasteiger partial charge in [0.2, 0.25) is 5.91 Å². The van der Waals surface area contributed by atoms with Crippen LogP contribution in [0.5, 0.6) is 5.75 Å². The highest BCUT2D eigenvalue weighted by Crippen LogP contribution is 2.28. The van der Waals surface area contributed by atoms with E-state index >= 15 is 0 Å². The van der Waals surface area contributed by atoms with Gasteiger partial charge in [-0.2, -0.15) is 0 Å². The number of carbonyl (C=O) groups is 1. The van der Waals surface area contributed by atoms with E-state index in [1.54, 1.807) is 0 Å². The monoisotopic (exact) mass is 420 g/mol. The van der Waals surface area contributed by atoms with Gasteiger partial charge >= 0.3 is 0 Å². The number of anilines is 1. The Kier molecular flexibility index (Phi) is 7.07. The molecule has 2 aliphatic rings. The summed E-state index contributed by atoms with van der Waals surface area (Å²) in [6.45, 7) is 3.38. The van der Waals surface area contributed by atoms with E-state index in [1.807, 2.05) is 60.5 Å². The molecule has 2 heterocycles. The first-order chi connectivity index (χ1) is 15.2. The topological polar surface area (TPSA) is 57.2 Å². The van der Waals surface area contributed by atoms with Crippen LogP contribution in [0.25, 0.3) is 0 Å². The van der Waals surface area contributed by atoms with Crippen molar-refractivity contribution in [1.29, 1.82) is 0 Å². The van der Waals surface area contributed by atoms with E-state index < -0.39 is 0 Å². The number of hydrogen-bond donors (Lipinski definition) is 1. The largest absolute Gasteiger partial charge is 0.490 e. The van der Waals surface area contributed by atoms with Crippen molar-refractivity contribution in [2.45, 2.75) is 38.2 Å². The first-order valence-electron chi connectivity index (χ1n) is 11.3. The van der Waals surface area contributed by atoms with Crippen LogP contribution < -0.4 is 15.0 Å². The fraction of sp³-hybridized carbons (Fsp3) is 0.440. The van der Waals surface area contributed by atoms with Gasteiger partial charge in [0.05, 0.1) is 0 Å². The van der Waals surface area contributed by atoms with Crippen molar-refractivity contribution < 1.29 is 9.53 Å². The number of carbonyl (C=O) groups excluding carboxylic acids is 1. The lowest BCUT2D eigenvalue weighted by Gasteiger charge is -2.34. The average molecular weight is 421 g/mol. The number of nitrogens with zero attached hydrogens (tertiary/aromatic N) is 3. The highest BCUT2D eigenvalue weighted by Gasteiger charge is 2.24. The molecule has 0 aromatic heterocycles. The molecular weight excluding hydrogens is 388 g/mol. The lowest BCUT2D eigenvalue weighted by atomic mass is 10.1. The summed E-state index contributed by atoms with van der Waals surface area (Å²) in [4.78, 5) is 21.3. The highest BCUT2D eigenvalue weighted by atomic mass is 16.5. The molecule has 4 rings (SSSR count). The summed E-state index contributed by atoms with van der Waals surface area (Å²) >= 11 is 0. The first-order valence-corrected chi connectivity index (χ1v) is 11.3. The summed E-state index contributed by atoms with van der Waals surface area (Å²) in [5.74, 6) is 2.06. The molecular formula is C25H32N4O2. The molecule has 2 aliphatic heterocycles. The Hall–Kier alpha value is -3.02. The number of ether oxygens (including phenoxy) is 1. The average Bonchev–Trinajstić information content (AvgIpc) is 3.25. The fourth-order valence-corrected chi connectivity index (χ4v) is 4.38. The number of hydrogen-bond acceptors (Lipinski definition) is 3. The maximum atomic E-state index is 12.7. The summed E-state index contributed by atoms with van der Waals surface area (Å²) in [7, 11) is 1.82. The van der Waals surface area contributed by atoms with Crippen LogP contribution in [-0.4, -0.2) is 56.1 Å². The number of para-hydroxylation sites is 2. The van der Waals surface area contributed by atoms with Crippen molar-refractivity contribution >= 4 is 17.6 Å². The smallest absolute Gasteiger partial charge is 0.227 e. The molecule has 0 spiro atoms. The molecule has 2 aromatic carbocycles. The van der Waals surface area contributed by atoms with E-state index in [2.05, 4.69) is 21.3 Å². The Morgan fingerprint density at radius 2 is 1.81 bits per heavy atom. The normalized spacial score (nSPS) is 16.9. The molecule has 0 aliphatic carbocycles. The van der Waals surface area contributed by atoms with E-state index in [4.69, 9.17) is 4.74 Å². The lowest BCUT2D eigenvalue weighted by Crippen LogP contribution is -2.47. The third-order valence-electron chi connectivity index (χ3n) is 6.04. The van der Waals surface area contributed by atoms with Crippen molar-refractivity contribution in [3.05, 3.63) is 60.2 Å². The number of likely N-dealkylation sites (tertiary alicyclic amines) is 1. The Labute approximate surface area is 184 Å². The van der Waals surface area contributed by atoms with E-state index in [0.717, 1.165) is 69.3 Å². The van der Waals surface area contributed by atoms with Gasteiger partial charge in [-0.3, -0.25) is 9.79 Å². The molecule has 0 atom stereocenters. The van der Waals surface area contributed by atoms with Crippen molar-refractivity contribution in [1.82, 2.24) is 10.2 Å². The Morgan fingerprint density at radius 1 is 1.06 bits per heavy atom.